The Bertz CT molecular complexity index is 593. The molecule has 1 aromatic heterocycles. The molecule has 15 heavy (non-hydrogen) atoms. The Hall–Kier alpha value is -1.46. The summed E-state index contributed by atoms with van der Waals surface area (Å²) in [7, 11) is -2.02. The quantitative estimate of drug-likeness (QED) is 0.829. The number of hydrogen-bond acceptors (Lipinski definition) is 3. The van der Waals surface area contributed by atoms with Gasteiger partial charge in [-0.1, -0.05) is 18.2 Å². The van der Waals surface area contributed by atoms with Gasteiger partial charge in [-0.05, 0) is 19.2 Å². The molecule has 0 aliphatic rings. The highest BCUT2D eigenvalue weighted by atomic mass is 32.2. The van der Waals surface area contributed by atoms with Crippen molar-refractivity contribution >= 4 is 20.9 Å². The number of fused-ring (bicyclic) bond motifs is 1. The molecule has 0 saturated heterocycles. The lowest BCUT2D eigenvalue weighted by atomic mass is 10.2. The SMILES string of the molecule is CNS(=O)(=O)c1cnc2ccccc2c1. The van der Waals surface area contributed by atoms with Crippen molar-refractivity contribution in [3.8, 4) is 0 Å². The second-order valence-corrected chi connectivity index (χ2v) is 4.96. The van der Waals surface area contributed by atoms with Crippen LogP contribution in [0.4, 0.5) is 0 Å². The Morgan fingerprint density at radius 2 is 2.00 bits per heavy atom. The number of pyridine rings is 1. The molecule has 0 spiro atoms. The van der Waals surface area contributed by atoms with E-state index in [4.69, 9.17) is 0 Å². The van der Waals surface area contributed by atoms with Crippen LogP contribution >= 0.6 is 0 Å². The van der Waals surface area contributed by atoms with Gasteiger partial charge in [0.1, 0.15) is 4.90 Å². The van der Waals surface area contributed by atoms with Crippen molar-refractivity contribution in [2.45, 2.75) is 4.90 Å². The minimum atomic E-state index is -3.40. The number of hydrogen-bond donors (Lipinski definition) is 1. The van der Waals surface area contributed by atoms with E-state index in [1.54, 1.807) is 6.07 Å². The summed E-state index contributed by atoms with van der Waals surface area (Å²) in [5.74, 6) is 0. The Morgan fingerprint density at radius 3 is 2.73 bits per heavy atom. The molecule has 1 N–H and O–H groups in total. The van der Waals surface area contributed by atoms with Crippen LogP contribution in [0.5, 0.6) is 0 Å². The molecule has 0 bridgehead atoms. The van der Waals surface area contributed by atoms with E-state index in [1.165, 1.54) is 13.2 Å². The topological polar surface area (TPSA) is 59.1 Å². The predicted molar refractivity (Wildman–Crippen MR) is 58.0 cm³/mol. The summed E-state index contributed by atoms with van der Waals surface area (Å²) in [6, 6.07) is 8.98. The first-order chi connectivity index (χ1) is 7.13. The number of nitrogens with zero attached hydrogens (tertiary/aromatic N) is 1. The van der Waals surface area contributed by atoms with E-state index < -0.39 is 10.0 Å². The number of aromatic nitrogens is 1. The zero-order valence-corrected chi connectivity index (χ0v) is 8.95. The molecular weight excluding hydrogens is 212 g/mol. The van der Waals surface area contributed by atoms with Crippen LogP contribution < -0.4 is 4.72 Å². The summed E-state index contributed by atoms with van der Waals surface area (Å²) in [5.41, 5.74) is 0.785. The van der Waals surface area contributed by atoms with E-state index in [1.807, 2.05) is 24.3 Å². The molecule has 0 aliphatic carbocycles. The van der Waals surface area contributed by atoms with Crippen molar-refractivity contribution in [2.75, 3.05) is 7.05 Å². The minimum Gasteiger partial charge on any atom is -0.255 e. The first-order valence-corrected chi connectivity index (χ1v) is 5.90. The molecular formula is C10H10N2O2S. The first-order valence-electron chi connectivity index (χ1n) is 4.42. The van der Waals surface area contributed by atoms with Gasteiger partial charge in [-0.2, -0.15) is 0 Å². The van der Waals surface area contributed by atoms with E-state index in [9.17, 15) is 8.42 Å². The fourth-order valence-corrected chi connectivity index (χ4v) is 2.02. The van der Waals surface area contributed by atoms with Crippen LogP contribution in [-0.2, 0) is 10.0 Å². The van der Waals surface area contributed by atoms with E-state index >= 15 is 0 Å². The molecule has 2 aromatic rings. The predicted octanol–water partition coefficient (Wildman–Crippen LogP) is 1.14. The van der Waals surface area contributed by atoms with Crippen LogP contribution in [0, 0.1) is 0 Å². The lowest BCUT2D eigenvalue weighted by Crippen LogP contribution is -2.18. The number of nitrogens with one attached hydrogen (secondary N) is 1. The molecule has 0 saturated carbocycles. The van der Waals surface area contributed by atoms with Crippen LogP contribution in [0.3, 0.4) is 0 Å². The van der Waals surface area contributed by atoms with Gasteiger partial charge in [0.05, 0.1) is 5.52 Å². The maximum atomic E-state index is 11.5. The van der Waals surface area contributed by atoms with Gasteiger partial charge in [0.2, 0.25) is 10.0 Å². The summed E-state index contributed by atoms with van der Waals surface area (Å²) >= 11 is 0. The lowest BCUT2D eigenvalue weighted by Gasteiger charge is -2.03. The Labute approximate surface area is 88.0 Å². The van der Waals surface area contributed by atoms with Gasteiger partial charge in [-0.15, -0.1) is 0 Å². The Balaban J connectivity index is 2.67. The number of rotatable bonds is 2. The maximum Gasteiger partial charge on any atom is 0.241 e. The number of sulfonamides is 1. The molecule has 0 amide bonds. The molecule has 78 valence electrons. The van der Waals surface area contributed by atoms with Crippen LogP contribution in [0.1, 0.15) is 0 Å². The van der Waals surface area contributed by atoms with E-state index in [2.05, 4.69) is 9.71 Å². The smallest absolute Gasteiger partial charge is 0.241 e. The van der Waals surface area contributed by atoms with E-state index in [0.29, 0.717) is 0 Å². The number of para-hydroxylation sites is 1. The molecule has 5 heteroatoms. The fraction of sp³-hybridized carbons (Fsp3) is 0.100. The monoisotopic (exact) mass is 222 g/mol. The minimum absolute atomic E-state index is 0.184. The molecule has 4 nitrogen and oxygen atoms in total. The molecule has 0 radical (unpaired) electrons. The molecule has 1 aromatic carbocycles. The van der Waals surface area contributed by atoms with E-state index in [0.717, 1.165) is 10.9 Å². The molecule has 0 fully saturated rings. The van der Waals surface area contributed by atoms with Crippen molar-refractivity contribution in [3.63, 3.8) is 0 Å². The van der Waals surface area contributed by atoms with Gasteiger partial charge in [0.25, 0.3) is 0 Å². The van der Waals surface area contributed by atoms with Crippen molar-refractivity contribution in [1.82, 2.24) is 9.71 Å². The lowest BCUT2D eigenvalue weighted by molar-refractivity contribution is 0.588. The van der Waals surface area contributed by atoms with Crippen molar-refractivity contribution < 1.29 is 8.42 Å². The fourth-order valence-electron chi connectivity index (χ4n) is 1.32. The largest absolute Gasteiger partial charge is 0.255 e. The standard InChI is InChI=1S/C10H10N2O2S/c1-11-15(13,14)9-6-8-4-2-3-5-10(8)12-7-9/h2-7,11H,1H3. The molecule has 2 rings (SSSR count). The van der Waals surface area contributed by atoms with Gasteiger partial charge in [-0.25, -0.2) is 13.1 Å². The van der Waals surface area contributed by atoms with Crippen molar-refractivity contribution in [1.29, 1.82) is 0 Å². The Kier molecular flexibility index (Phi) is 2.42. The van der Waals surface area contributed by atoms with Gasteiger partial charge in [-0.3, -0.25) is 4.98 Å². The summed E-state index contributed by atoms with van der Waals surface area (Å²) in [6.45, 7) is 0. The molecule has 0 atom stereocenters. The van der Waals surface area contributed by atoms with Gasteiger partial charge in [0, 0.05) is 11.6 Å². The molecule has 0 aliphatic heterocycles. The maximum absolute atomic E-state index is 11.5. The third-order valence-corrected chi connectivity index (χ3v) is 3.53. The normalized spacial score (nSPS) is 11.8. The van der Waals surface area contributed by atoms with Crippen molar-refractivity contribution in [2.24, 2.45) is 0 Å². The third-order valence-electron chi connectivity index (χ3n) is 2.14. The van der Waals surface area contributed by atoms with Crippen LogP contribution in [-0.4, -0.2) is 20.4 Å². The van der Waals surface area contributed by atoms with Crippen molar-refractivity contribution in [3.05, 3.63) is 36.5 Å². The highest BCUT2D eigenvalue weighted by Crippen LogP contribution is 2.15. The highest BCUT2D eigenvalue weighted by Gasteiger charge is 2.11. The summed E-state index contributed by atoms with van der Waals surface area (Å²) in [4.78, 5) is 4.26. The summed E-state index contributed by atoms with van der Waals surface area (Å²) in [5, 5.41) is 0.814. The molecule has 1 heterocycles. The third kappa shape index (κ3) is 1.84. The molecule has 0 unspecified atom stereocenters. The Morgan fingerprint density at radius 1 is 1.27 bits per heavy atom. The zero-order valence-electron chi connectivity index (χ0n) is 8.14. The van der Waals surface area contributed by atoms with E-state index in [-0.39, 0.29) is 4.90 Å². The average molecular weight is 222 g/mol. The van der Waals surface area contributed by atoms with Gasteiger partial charge < -0.3 is 0 Å². The van der Waals surface area contributed by atoms with Crippen LogP contribution in [0.15, 0.2) is 41.4 Å². The summed E-state index contributed by atoms with van der Waals surface area (Å²) in [6.07, 6.45) is 1.36. The van der Waals surface area contributed by atoms with Gasteiger partial charge in [0.15, 0.2) is 0 Å². The number of benzene rings is 1. The first kappa shape index (κ1) is 10.1. The zero-order chi connectivity index (χ0) is 10.9. The second kappa shape index (κ2) is 3.60. The summed E-state index contributed by atoms with van der Waals surface area (Å²) < 4.78 is 25.2. The average Bonchev–Trinajstić information content (AvgIpc) is 2.28. The van der Waals surface area contributed by atoms with Crippen LogP contribution in [0.2, 0.25) is 0 Å². The van der Waals surface area contributed by atoms with Crippen LogP contribution in [0.25, 0.3) is 10.9 Å². The highest BCUT2D eigenvalue weighted by molar-refractivity contribution is 7.89. The second-order valence-electron chi connectivity index (χ2n) is 3.07. The van der Waals surface area contributed by atoms with Gasteiger partial charge >= 0.3 is 0 Å².